The first-order valence-electron chi connectivity index (χ1n) is 8.47. The number of hydrogen-bond donors (Lipinski definition) is 0. The van der Waals surface area contributed by atoms with E-state index < -0.39 is 11.7 Å². The van der Waals surface area contributed by atoms with Crippen LogP contribution in [0.25, 0.3) is 0 Å². The van der Waals surface area contributed by atoms with E-state index in [0.717, 1.165) is 17.7 Å². The highest BCUT2D eigenvalue weighted by molar-refractivity contribution is 5.94. The van der Waals surface area contributed by atoms with Crippen LogP contribution in [0.15, 0.2) is 48.5 Å². The van der Waals surface area contributed by atoms with Crippen LogP contribution in [0.4, 0.5) is 13.2 Å². The molecule has 0 radical (unpaired) electrons. The standard InChI is InChI=1S/C19H18F3N5O/c1-13-23-24-25-27(13)12-14-6-8-16(9-7-14)18(28)26(2)11-15-4-3-5-17(10-15)19(20,21)22/h3-10H,11-12H2,1-2H3. The summed E-state index contributed by atoms with van der Waals surface area (Å²) in [6.45, 7) is 2.35. The average molecular weight is 389 g/mol. The number of alkyl halides is 3. The topological polar surface area (TPSA) is 63.9 Å². The highest BCUT2D eigenvalue weighted by Gasteiger charge is 2.30. The summed E-state index contributed by atoms with van der Waals surface area (Å²) in [7, 11) is 1.56. The Hall–Kier alpha value is -3.23. The molecule has 2 aromatic carbocycles. The Morgan fingerprint density at radius 3 is 2.43 bits per heavy atom. The van der Waals surface area contributed by atoms with Crippen LogP contribution in [0, 0.1) is 6.92 Å². The Bertz CT molecular complexity index is 966. The molecule has 0 N–H and O–H groups in total. The Kier molecular flexibility index (Phi) is 5.43. The average Bonchev–Trinajstić information content (AvgIpc) is 3.06. The van der Waals surface area contributed by atoms with Crippen molar-refractivity contribution in [3.05, 3.63) is 76.6 Å². The minimum absolute atomic E-state index is 0.0777. The van der Waals surface area contributed by atoms with E-state index in [-0.39, 0.29) is 12.5 Å². The van der Waals surface area contributed by atoms with E-state index in [4.69, 9.17) is 0 Å². The fraction of sp³-hybridized carbons (Fsp3) is 0.263. The van der Waals surface area contributed by atoms with Crippen LogP contribution >= 0.6 is 0 Å². The molecule has 0 aliphatic heterocycles. The second kappa shape index (κ2) is 7.79. The van der Waals surface area contributed by atoms with Crippen molar-refractivity contribution < 1.29 is 18.0 Å². The summed E-state index contributed by atoms with van der Waals surface area (Å²) in [5, 5.41) is 11.3. The van der Waals surface area contributed by atoms with Crippen molar-refractivity contribution in [2.75, 3.05) is 7.05 Å². The quantitative estimate of drug-likeness (QED) is 0.672. The number of carbonyl (C=O) groups is 1. The molecule has 3 rings (SSSR count). The molecule has 0 fully saturated rings. The van der Waals surface area contributed by atoms with Crippen molar-refractivity contribution in [1.29, 1.82) is 0 Å². The van der Waals surface area contributed by atoms with Gasteiger partial charge in [0.1, 0.15) is 5.82 Å². The zero-order chi connectivity index (χ0) is 20.3. The summed E-state index contributed by atoms with van der Waals surface area (Å²) >= 11 is 0. The maximum absolute atomic E-state index is 12.8. The molecular weight excluding hydrogens is 371 g/mol. The highest BCUT2D eigenvalue weighted by Crippen LogP contribution is 2.29. The van der Waals surface area contributed by atoms with Gasteiger partial charge in [0.25, 0.3) is 5.91 Å². The molecule has 1 aromatic heterocycles. The molecule has 9 heteroatoms. The number of hydrogen-bond acceptors (Lipinski definition) is 4. The normalized spacial score (nSPS) is 11.5. The summed E-state index contributed by atoms with van der Waals surface area (Å²) in [4.78, 5) is 14.0. The van der Waals surface area contributed by atoms with Gasteiger partial charge in [0.2, 0.25) is 0 Å². The molecule has 0 bridgehead atoms. The summed E-state index contributed by atoms with van der Waals surface area (Å²) in [6, 6.07) is 11.9. The van der Waals surface area contributed by atoms with Gasteiger partial charge in [-0.2, -0.15) is 13.2 Å². The predicted octanol–water partition coefficient (Wildman–Crippen LogP) is 3.32. The van der Waals surface area contributed by atoms with Gasteiger partial charge in [0.15, 0.2) is 0 Å². The largest absolute Gasteiger partial charge is 0.416 e. The summed E-state index contributed by atoms with van der Waals surface area (Å²) in [5.41, 5.74) is 1.06. The van der Waals surface area contributed by atoms with Crippen LogP contribution in [0.2, 0.25) is 0 Å². The third-order valence-electron chi connectivity index (χ3n) is 4.26. The first kappa shape index (κ1) is 19.5. The zero-order valence-electron chi connectivity index (χ0n) is 15.3. The lowest BCUT2D eigenvalue weighted by Gasteiger charge is -2.18. The van der Waals surface area contributed by atoms with Gasteiger partial charge in [-0.05, 0) is 52.7 Å². The van der Waals surface area contributed by atoms with E-state index in [9.17, 15) is 18.0 Å². The van der Waals surface area contributed by atoms with Gasteiger partial charge in [-0.1, -0.05) is 24.3 Å². The van der Waals surface area contributed by atoms with Crippen LogP contribution in [-0.4, -0.2) is 38.1 Å². The number of aromatic nitrogens is 4. The molecule has 0 unspecified atom stereocenters. The maximum Gasteiger partial charge on any atom is 0.416 e. The second-order valence-corrected chi connectivity index (χ2v) is 6.44. The molecule has 6 nitrogen and oxygen atoms in total. The molecule has 3 aromatic rings. The molecule has 1 amide bonds. The van der Waals surface area contributed by atoms with Crippen molar-refractivity contribution in [3.63, 3.8) is 0 Å². The monoisotopic (exact) mass is 389 g/mol. The molecule has 28 heavy (non-hydrogen) atoms. The van der Waals surface area contributed by atoms with Gasteiger partial charge >= 0.3 is 6.18 Å². The molecule has 0 saturated carbocycles. The fourth-order valence-electron chi connectivity index (χ4n) is 2.73. The number of nitrogens with zero attached hydrogens (tertiary/aromatic N) is 5. The molecule has 0 spiro atoms. The first-order chi connectivity index (χ1) is 13.2. The molecule has 0 aliphatic rings. The third-order valence-corrected chi connectivity index (χ3v) is 4.26. The van der Waals surface area contributed by atoms with Crippen LogP contribution in [-0.2, 0) is 19.3 Å². The summed E-state index contributed by atoms with van der Waals surface area (Å²) in [6.07, 6.45) is -4.41. The van der Waals surface area contributed by atoms with Crippen molar-refractivity contribution in [2.24, 2.45) is 0 Å². The lowest BCUT2D eigenvalue weighted by molar-refractivity contribution is -0.137. The first-order valence-corrected chi connectivity index (χ1v) is 8.47. The van der Waals surface area contributed by atoms with Gasteiger partial charge in [0, 0.05) is 19.2 Å². The fourth-order valence-corrected chi connectivity index (χ4v) is 2.73. The lowest BCUT2D eigenvalue weighted by atomic mass is 10.1. The SMILES string of the molecule is Cc1nnnn1Cc1ccc(C(=O)N(C)Cc2cccc(C(F)(F)F)c2)cc1. The number of tetrazole rings is 1. The van der Waals surface area contributed by atoms with Gasteiger partial charge < -0.3 is 4.90 Å². The van der Waals surface area contributed by atoms with Crippen molar-refractivity contribution in [3.8, 4) is 0 Å². The van der Waals surface area contributed by atoms with Crippen molar-refractivity contribution in [1.82, 2.24) is 25.1 Å². The van der Waals surface area contributed by atoms with Crippen molar-refractivity contribution in [2.45, 2.75) is 26.2 Å². The Morgan fingerprint density at radius 1 is 1.11 bits per heavy atom. The molecule has 146 valence electrons. The maximum atomic E-state index is 12.8. The Balaban J connectivity index is 1.67. The number of amides is 1. The lowest BCUT2D eigenvalue weighted by Crippen LogP contribution is -2.26. The minimum atomic E-state index is -4.41. The molecular formula is C19H18F3N5O. The van der Waals surface area contributed by atoms with Crippen LogP contribution < -0.4 is 0 Å². The second-order valence-electron chi connectivity index (χ2n) is 6.44. The molecule has 0 aliphatic carbocycles. The van der Waals surface area contributed by atoms with Crippen molar-refractivity contribution >= 4 is 5.91 Å². The minimum Gasteiger partial charge on any atom is -0.337 e. The van der Waals surface area contributed by atoms with Crippen LogP contribution in [0.3, 0.4) is 0 Å². The van der Waals surface area contributed by atoms with Crippen LogP contribution in [0.1, 0.15) is 32.9 Å². The van der Waals surface area contributed by atoms with Crippen LogP contribution in [0.5, 0.6) is 0 Å². The Morgan fingerprint density at radius 2 is 1.82 bits per heavy atom. The number of halogens is 3. The summed E-state index contributed by atoms with van der Waals surface area (Å²) in [5.74, 6) is 0.406. The van der Waals surface area contributed by atoms with Gasteiger partial charge in [-0.3, -0.25) is 4.79 Å². The van der Waals surface area contributed by atoms with E-state index in [2.05, 4.69) is 15.5 Å². The zero-order valence-corrected chi connectivity index (χ0v) is 15.3. The van der Waals surface area contributed by atoms with E-state index in [1.807, 2.05) is 0 Å². The summed E-state index contributed by atoms with van der Waals surface area (Å²) < 4.78 is 40.1. The third kappa shape index (κ3) is 4.54. The molecule has 0 atom stereocenters. The highest BCUT2D eigenvalue weighted by atomic mass is 19.4. The smallest absolute Gasteiger partial charge is 0.337 e. The number of rotatable bonds is 5. The molecule has 0 saturated heterocycles. The number of benzene rings is 2. The van der Waals surface area contributed by atoms with E-state index in [1.54, 1.807) is 49.0 Å². The van der Waals surface area contributed by atoms with E-state index >= 15 is 0 Å². The van der Waals surface area contributed by atoms with Gasteiger partial charge in [-0.15, -0.1) is 5.10 Å². The van der Waals surface area contributed by atoms with Gasteiger partial charge in [-0.25, -0.2) is 4.68 Å². The predicted molar refractivity (Wildman–Crippen MR) is 95.3 cm³/mol. The van der Waals surface area contributed by atoms with E-state index in [0.29, 0.717) is 23.5 Å². The number of carbonyl (C=O) groups excluding carboxylic acids is 1. The number of aryl methyl sites for hydroxylation is 1. The molecule has 1 heterocycles. The van der Waals surface area contributed by atoms with E-state index in [1.165, 1.54) is 11.0 Å². The Labute approximate surface area is 159 Å². The van der Waals surface area contributed by atoms with Gasteiger partial charge in [0.05, 0.1) is 12.1 Å².